The summed E-state index contributed by atoms with van der Waals surface area (Å²) in [4.78, 5) is 15.7. The second-order valence-corrected chi connectivity index (χ2v) is 7.19. The molecule has 0 atom stereocenters. The van der Waals surface area contributed by atoms with Crippen LogP contribution in [0.2, 0.25) is 0 Å². The number of benzene rings is 1. The van der Waals surface area contributed by atoms with Crippen LogP contribution in [0.1, 0.15) is 44.3 Å². The van der Waals surface area contributed by atoms with Crippen LogP contribution < -0.4 is 5.32 Å². The van der Waals surface area contributed by atoms with Gasteiger partial charge in [-0.25, -0.2) is 9.67 Å². The molecule has 0 bridgehead atoms. The molecule has 0 fully saturated rings. The summed E-state index contributed by atoms with van der Waals surface area (Å²) in [5.41, 5.74) is -1.15. The van der Waals surface area contributed by atoms with E-state index in [1.165, 1.54) is 23.7 Å². The van der Waals surface area contributed by atoms with Gasteiger partial charge in [-0.2, -0.15) is 31.4 Å². The van der Waals surface area contributed by atoms with E-state index < -0.39 is 36.1 Å². The molecule has 0 saturated heterocycles. The van der Waals surface area contributed by atoms with Gasteiger partial charge in [0.1, 0.15) is 5.69 Å². The predicted octanol–water partition coefficient (Wildman–Crippen LogP) is 5.16. The standard InChI is InChI=1S/C21H18F6N4O/c1-11-8-12(2)31(30-11)15-5-4-14(17(9-15)20(22,23)24)10-28-19(32)16-6-7-18(21(25,26)27)29-13(16)3/h4-9H,10H2,1-3H3,(H,28,32). The summed E-state index contributed by atoms with van der Waals surface area (Å²) in [6.07, 6.45) is -9.37. The Hall–Kier alpha value is -3.37. The lowest BCUT2D eigenvalue weighted by Gasteiger charge is -2.16. The molecular weight excluding hydrogens is 438 g/mol. The Morgan fingerprint density at radius 3 is 2.19 bits per heavy atom. The van der Waals surface area contributed by atoms with E-state index in [1.807, 2.05) is 0 Å². The molecule has 11 heteroatoms. The Bertz CT molecular complexity index is 1160. The van der Waals surface area contributed by atoms with E-state index in [1.54, 1.807) is 19.9 Å². The third-order valence-electron chi connectivity index (χ3n) is 4.71. The molecule has 0 radical (unpaired) electrons. The molecule has 3 aromatic rings. The van der Waals surface area contributed by atoms with Crippen molar-refractivity contribution in [2.24, 2.45) is 0 Å². The van der Waals surface area contributed by atoms with Crippen LogP contribution in [0.4, 0.5) is 26.3 Å². The minimum absolute atomic E-state index is 0.161. The first-order valence-corrected chi connectivity index (χ1v) is 9.34. The van der Waals surface area contributed by atoms with Crippen molar-refractivity contribution in [3.05, 3.63) is 75.9 Å². The fourth-order valence-corrected chi connectivity index (χ4v) is 3.23. The summed E-state index contributed by atoms with van der Waals surface area (Å²) >= 11 is 0. The maximum Gasteiger partial charge on any atom is 0.433 e. The SMILES string of the molecule is Cc1cc(C)n(-c2ccc(CNC(=O)c3ccc(C(F)(F)F)nc3C)c(C(F)(F)F)c2)n1. The number of carbonyl (C=O) groups is 1. The number of aromatic nitrogens is 3. The maximum absolute atomic E-state index is 13.7. The van der Waals surface area contributed by atoms with Crippen molar-refractivity contribution in [3.63, 3.8) is 0 Å². The van der Waals surface area contributed by atoms with E-state index in [-0.39, 0.29) is 22.5 Å². The second kappa shape index (κ2) is 8.29. The van der Waals surface area contributed by atoms with Gasteiger partial charge in [0.2, 0.25) is 0 Å². The molecule has 1 aromatic carbocycles. The number of hydrogen-bond acceptors (Lipinski definition) is 3. The first-order valence-electron chi connectivity index (χ1n) is 9.34. The lowest BCUT2D eigenvalue weighted by Crippen LogP contribution is -2.26. The highest BCUT2D eigenvalue weighted by Crippen LogP contribution is 2.34. The molecule has 0 aliphatic carbocycles. The van der Waals surface area contributed by atoms with Crippen molar-refractivity contribution >= 4 is 5.91 Å². The van der Waals surface area contributed by atoms with E-state index in [9.17, 15) is 31.1 Å². The van der Waals surface area contributed by atoms with Crippen LogP contribution in [0, 0.1) is 20.8 Å². The van der Waals surface area contributed by atoms with Gasteiger partial charge in [0.25, 0.3) is 5.91 Å². The summed E-state index contributed by atoms with van der Waals surface area (Å²) in [5, 5.41) is 6.49. The van der Waals surface area contributed by atoms with Gasteiger partial charge in [0.15, 0.2) is 0 Å². The molecule has 3 rings (SSSR count). The van der Waals surface area contributed by atoms with Crippen LogP contribution >= 0.6 is 0 Å². The summed E-state index contributed by atoms with van der Waals surface area (Å²) < 4.78 is 80.6. The van der Waals surface area contributed by atoms with Crippen molar-refractivity contribution in [1.82, 2.24) is 20.1 Å². The molecule has 0 saturated carbocycles. The molecule has 0 unspecified atom stereocenters. The van der Waals surface area contributed by atoms with Crippen molar-refractivity contribution in [2.45, 2.75) is 39.7 Å². The van der Waals surface area contributed by atoms with Crippen LogP contribution in [-0.4, -0.2) is 20.7 Å². The van der Waals surface area contributed by atoms with Crippen LogP contribution in [0.15, 0.2) is 36.4 Å². The van der Waals surface area contributed by atoms with Crippen molar-refractivity contribution in [3.8, 4) is 5.69 Å². The number of pyridine rings is 1. The molecule has 5 nitrogen and oxygen atoms in total. The van der Waals surface area contributed by atoms with Gasteiger partial charge in [0.05, 0.1) is 28.2 Å². The number of nitrogens with one attached hydrogen (secondary N) is 1. The Labute approximate surface area is 179 Å². The van der Waals surface area contributed by atoms with E-state index in [0.29, 0.717) is 17.5 Å². The lowest BCUT2D eigenvalue weighted by atomic mass is 10.1. The van der Waals surface area contributed by atoms with Gasteiger partial charge in [-0.3, -0.25) is 4.79 Å². The number of aryl methyl sites for hydroxylation is 3. The normalized spacial score (nSPS) is 12.2. The number of carbonyl (C=O) groups excluding carboxylic acids is 1. The highest BCUT2D eigenvalue weighted by molar-refractivity contribution is 5.95. The number of amides is 1. The Morgan fingerprint density at radius 1 is 0.969 bits per heavy atom. The van der Waals surface area contributed by atoms with Gasteiger partial charge in [-0.1, -0.05) is 6.07 Å². The first-order chi connectivity index (χ1) is 14.8. The van der Waals surface area contributed by atoms with Crippen molar-refractivity contribution in [2.75, 3.05) is 0 Å². The van der Waals surface area contributed by atoms with E-state index in [4.69, 9.17) is 0 Å². The summed E-state index contributed by atoms with van der Waals surface area (Å²) in [7, 11) is 0. The Morgan fingerprint density at radius 2 is 1.66 bits per heavy atom. The number of alkyl halides is 6. The molecule has 1 N–H and O–H groups in total. The zero-order valence-corrected chi connectivity index (χ0v) is 17.2. The third kappa shape index (κ3) is 4.92. The van der Waals surface area contributed by atoms with Gasteiger partial charge in [-0.05, 0) is 56.7 Å². The largest absolute Gasteiger partial charge is 0.433 e. The predicted molar refractivity (Wildman–Crippen MR) is 103 cm³/mol. The molecule has 2 heterocycles. The summed E-state index contributed by atoms with van der Waals surface area (Å²) in [6, 6.07) is 6.92. The lowest BCUT2D eigenvalue weighted by molar-refractivity contribution is -0.141. The van der Waals surface area contributed by atoms with Crippen LogP contribution in [0.5, 0.6) is 0 Å². The quantitative estimate of drug-likeness (QED) is 0.552. The highest BCUT2D eigenvalue weighted by atomic mass is 19.4. The average molecular weight is 456 g/mol. The van der Waals surface area contributed by atoms with Crippen LogP contribution in [0.25, 0.3) is 5.69 Å². The highest BCUT2D eigenvalue weighted by Gasteiger charge is 2.35. The molecule has 170 valence electrons. The van der Waals surface area contributed by atoms with Crippen LogP contribution in [-0.2, 0) is 18.9 Å². The number of rotatable bonds is 4. The third-order valence-corrected chi connectivity index (χ3v) is 4.71. The monoisotopic (exact) mass is 456 g/mol. The molecular formula is C21H18F6N4O. The van der Waals surface area contributed by atoms with Gasteiger partial charge < -0.3 is 5.32 Å². The molecule has 32 heavy (non-hydrogen) atoms. The molecule has 0 aliphatic heterocycles. The molecule has 2 aromatic heterocycles. The van der Waals surface area contributed by atoms with E-state index in [0.717, 1.165) is 12.1 Å². The van der Waals surface area contributed by atoms with E-state index >= 15 is 0 Å². The molecule has 1 amide bonds. The van der Waals surface area contributed by atoms with Gasteiger partial charge >= 0.3 is 12.4 Å². The minimum atomic E-state index is -4.70. The fourth-order valence-electron chi connectivity index (χ4n) is 3.23. The average Bonchev–Trinajstić information content (AvgIpc) is 3.02. The number of halogens is 6. The van der Waals surface area contributed by atoms with Crippen LogP contribution in [0.3, 0.4) is 0 Å². The number of nitrogens with zero attached hydrogens (tertiary/aromatic N) is 3. The van der Waals surface area contributed by atoms with Crippen molar-refractivity contribution < 1.29 is 31.1 Å². The van der Waals surface area contributed by atoms with E-state index in [2.05, 4.69) is 15.4 Å². The van der Waals surface area contributed by atoms with Crippen molar-refractivity contribution in [1.29, 1.82) is 0 Å². The molecule has 0 spiro atoms. The minimum Gasteiger partial charge on any atom is -0.348 e. The maximum atomic E-state index is 13.7. The summed E-state index contributed by atoms with van der Waals surface area (Å²) in [6.45, 7) is 4.16. The summed E-state index contributed by atoms with van der Waals surface area (Å²) in [5.74, 6) is -0.834. The zero-order chi connectivity index (χ0) is 23.8. The first kappa shape index (κ1) is 23.3. The number of hydrogen-bond donors (Lipinski definition) is 1. The zero-order valence-electron chi connectivity index (χ0n) is 17.2. The second-order valence-electron chi connectivity index (χ2n) is 7.19. The molecule has 0 aliphatic rings. The Kier molecular flexibility index (Phi) is 6.03. The van der Waals surface area contributed by atoms with Gasteiger partial charge in [-0.15, -0.1) is 0 Å². The topological polar surface area (TPSA) is 59.8 Å². The smallest absolute Gasteiger partial charge is 0.348 e. The Balaban J connectivity index is 1.86. The van der Waals surface area contributed by atoms with Gasteiger partial charge in [0, 0.05) is 12.2 Å². The fraction of sp³-hybridized carbons (Fsp3) is 0.286.